The second kappa shape index (κ2) is 7.88. The molecule has 1 rings (SSSR count). The van der Waals surface area contributed by atoms with Gasteiger partial charge in [0.2, 0.25) is 0 Å². The lowest BCUT2D eigenvalue weighted by Crippen LogP contribution is -2.29. The zero-order valence-electron chi connectivity index (χ0n) is 13.0. The van der Waals surface area contributed by atoms with Crippen LogP contribution in [0.2, 0.25) is 0 Å². The fraction of sp³-hybridized carbons (Fsp3) is 0.562. The summed E-state index contributed by atoms with van der Waals surface area (Å²) in [5.74, 6) is -0.871. The zero-order valence-corrected chi connectivity index (χ0v) is 13.0. The normalized spacial score (nSPS) is 13.8. The number of phenols is 1. The predicted molar refractivity (Wildman–Crippen MR) is 79.2 cm³/mol. The molecule has 1 aromatic carbocycles. The first kappa shape index (κ1) is 17.3. The number of hydrogen-bond acceptors (Lipinski definition) is 5. The Hall–Kier alpha value is -1.75. The summed E-state index contributed by atoms with van der Waals surface area (Å²) in [7, 11) is 0. The molecule has 0 radical (unpaired) electrons. The summed E-state index contributed by atoms with van der Waals surface area (Å²) in [5.41, 5.74) is 0.517. The molecule has 0 aliphatic carbocycles. The highest BCUT2D eigenvalue weighted by Gasteiger charge is 2.32. The second-order valence-electron chi connectivity index (χ2n) is 5.13. The Morgan fingerprint density at radius 1 is 1.24 bits per heavy atom. The maximum Gasteiger partial charge on any atom is 0.312 e. The number of esters is 1. The van der Waals surface area contributed by atoms with E-state index in [2.05, 4.69) is 0 Å². The highest BCUT2D eigenvalue weighted by Crippen LogP contribution is 2.34. The molecule has 2 N–H and O–H groups in total. The molecule has 0 spiro atoms. The molecule has 0 aliphatic heterocycles. The van der Waals surface area contributed by atoms with Crippen LogP contribution in [0.3, 0.4) is 0 Å². The van der Waals surface area contributed by atoms with Gasteiger partial charge in [-0.15, -0.1) is 0 Å². The summed E-state index contributed by atoms with van der Waals surface area (Å²) >= 11 is 0. The van der Waals surface area contributed by atoms with Crippen LogP contribution in [0.15, 0.2) is 18.2 Å². The van der Waals surface area contributed by atoms with Crippen LogP contribution in [0.4, 0.5) is 0 Å². The van der Waals surface area contributed by atoms with Crippen LogP contribution >= 0.6 is 0 Å². The highest BCUT2D eigenvalue weighted by atomic mass is 16.5. The van der Waals surface area contributed by atoms with E-state index >= 15 is 0 Å². The number of carbonyl (C=O) groups is 1. The lowest BCUT2D eigenvalue weighted by molar-refractivity contribution is -0.154. The predicted octanol–water partition coefficient (Wildman–Crippen LogP) is 2.66. The Bertz CT molecular complexity index is 470. The number of rotatable bonds is 7. The smallest absolute Gasteiger partial charge is 0.312 e. The van der Waals surface area contributed by atoms with Gasteiger partial charge < -0.3 is 19.7 Å². The third kappa shape index (κ3) is 4.36. The average molecular weight is 296 g/mol. The van der Waals surface area contributed by atoms with Crippen LogP contribution in [0.25, 0.3) is 0 Å². The summed E-state index contributed by atoms with van der Waals surface area (Å²) < 4.78 is 10.3. The van der Waals surface area contributed by atoms with Crippen molar-refractivity contribution >= 4 is 5.97 Å². The molecule has 0 bridgehead atoms. The van der Waals surface area contributed by atoms with Crippen molar-refractivity contribution in [3.63, 3.8) is 0 Å². The number of benzene rings is 1. The van der Waals surface area contributed by atoms with Gasteiger partial charge in [-0.2, -0.15) is 0 Å². The van der Waals surface area contributed by atoms with Crippen LogP contribution in [0, 0.1) is 11.8 Å². The first-order valence-corrected chi connectivity index (χ1v) is 7.22. The molecular weight excluding hydrogens is 272 g/mol. The minimum Gasteiger partial charge on any atom is -0.504 e. The molecule has 21 heavy (non-hydrogen) atoms. The number of ether oxygens (including phenoxy) is 2. The van der Waals surface area contributed by atoms with Crippen molar-refractivity contribution in [3.05, 3.63) is 23.8 Å². The molecule has 0 amide bonds. The van der Waals surface area contributed by atoms with E-state index in [1.807, 2.05) is 13.8 Å². The lowest BCUT2D eigenvalue weighted by atomic mass is 9.86. The molecule has 2 atom stereocenters. The Labute approximate surface area is 125 Å². The highest BCUT2D eigenvalue weighted by molar-refractivity contribution is 5.73. The van der Waals surface area contributed by atoms with Gasteiger partial charge in [0, 0.05) is 0 Å². The van der Waals surface area contributed by atoms with E-state index in [9.17, 15) is 15.0 Å². The molecule has 5 nitrogen and oxygen atoms in total. The van der Waals surface area contributed by atoms with E-state index in [1.54, 1.807) is 26.0 Å². The van der Waals surface area contributed by atoms with Crippen LogP contribution < -0.4 is 4.74 Å². The first-order chi connectivity index (χ1) is 9.92. The topological polar surface area (TPSA) is 76.0 Å². The van der Waals surface area contributed by atoms with Gasteiger partial charge >= 0.3 is 5.97 Å². The summed E-state index contributed by atoms with van der Waals surface area (Å²) in [6.45, 7) is 7.92. The van der Waals surface area contributed by atoms with Crippen LogP contribution in [-0.4, -0.2) is 29.4 Å². The molecule has 0 aliphatic rings. The third-order valence-corrected chi connectivity index (χ3v) is 3.24. The molecule has 5 heteroatoms. The molecule has 0 heterocycles. The maximum atomic E-state index is 12.0. The summed E-state index contributed by atoms with van der Waals surface area (Å²) in [5, 5.41) is 20.2. The molecule has 118 valence electrons. The molecule has 0 fully saturated rings. The van der Waals surface area contributed by atoms with Gasteiger partial charge in [0.15, 0.2) is 11.5 Å². The van der Waals surface area contributed by atoms with Crippen LogP contribution in [0.5, 0.6) is 11.5 Å². The van der Waals surface area contributed by atoms with Crippen LogP contribution in [-0.2, 0) is 9.53 Å². The van der Waals surface area contributed by atoms with Gasteiger partial charge in [-0.25, -0.2) is 0 Å². The maximum absolute atomic E-state index is 12.0. The van der Waals surface area contributed by atoms with Crippen LogP contribution in [0.1, 0.15) is 39.4 Å². The quantitative estimate of drug-likeness (QED) is 0.757. The molecule has 0 saturated heterocycles. The number of hydrogen-bond donors (Lipinski definition) is 2. The SMILES string of the molecule is CCOC(=O)C(C(C)C)C(O)c1ccc(O)c(OCC)c1. The average Bonchev–Trinajstić information content (AvgIpc) is 2.41. The van der Waals surface area contributed by atoms with E-state index in [0.29, 0.717) is 17.9 Å². The van der Waals surface area contributed by atoms with E-state index < -0.39 is 18.0 Å². The van der Waals surface area contributed by atoms with Crippen molar-refractivity contribution in [3.8, 4) is 11.5 Å². The number of phenolic OH excluding ortho intramolecular Hbond substituents is 1. The Kier molecular flexibility index (Phi) is 6.49. The van der Waals surface area contributed by atoms with Crippen molar-refractivity contribution in [2.45, 2.75) is 33.8 Å². The fourth-order valence-corrected chi connectivity index (χ4v) is 2.20. The van der Waals surface area contributed by atoms with E-state index in [0.717, 1.165) is 0 Å². The number of carbonyl (C=O) groups excluding carboxylic acids is 1. The molecule has 0 saturated carbocycles. The second-order valence-corrected chi connectivity index (χ2v) is 5.13. The van der Waals surface area contributed by atoms with E-state index in [4.69, 9.17) is 9.47 Å². The Morgan fingerprint density at radius 3 is 2.43 bits per heavy atom. The summed E-state index contributed by atoms with van der Waals surface area (Å²) in [6.07, 6.45) is -1.01. The minimum absolute atomic E-state index is 0.00466. The van der Waals surface area contributed by atoms with Crippen molar-refractivity contribution in [1.82, 2.24) is 0 Å². The van der Waals surface area contributed by atoms with Crippen molar-refractivity contribution in [2.24, 2.45) is 11.8 Å². The lowest BCUT2D eigenvalue weighted by Gasteiger charge is -2.25. The van der Waals surface area contributed by atoms with Crippen molar-refractivity contribution in [1.29, 1.82) is 0 Å². The van der Waals surface area contributed by atoms with Gasteiger partial charge in [-0.05, 0) is 37.5 Å². The number of aromatic hydroxyl groups is 1. The minimum atomic E-state index is -1.01. The Balaban J connectivity index is 3.06. The van der Waals surface area contributed by atoms with Gasteiger partial charge in [0.05, 0.1) is 25.2 Å². The molecular formula is C16H24O5. The number of aliphatic hydroxyl groups excluding tert-OH is 1. The van der Waals surface area contributed by atoms with Gasteiger partial charge in [0.1, 0.15) is 0 Å². The molecule has 1 aromatic rings. The van der Waals surface area contributed by atoms with Gasteiger partial charge in [-0.3, -0.25) is 4.79 Å². The van der Waals surface area contributed by atoms with Gasteiger partial charge in [0.25, 0.3) is 0 Å². The van der Waals surface area contributed by atoms with Gasteiger partial charge in [-0.1, -0.05) is 19.9 Å². The first-order valence-electron chi connectivity index (χ1n) is 7.22. The van der Waals surface area contributed by atoms with Crippen molar-refractivity contribution in [2.75, 3.05) is 13.2 Å². The largest absolute Gasteiger partial charge is 0.504 e. The molecule has 0 aromatic heterocycles. The summed E-state index contributed by atoms with van der Waals surface area (Å²) in [6, 6.07) is 4.58. The van der Waals surface area contributed by atoms with Crippen molar-refractivity contribution < 1.29 is 24.5 Å². The molecule has 2 unspecified atom stereocenters. The fourth-order valence-electron chi connectivity index (χ4n) is 2.20. The summed E-state index contributed by atoms with van der Waals surface area (Å²) in [4.78, 5) is 12.0. The number of aliphatic hydroxyl groups is 1. The monoisotopic (exact) mass is 296 g/mol. The Morgan fingerprint density at radius 2 is 1.90 bits per heavy atom. The zero-order chi connectivity index (χ0) is 16.0. The standard InChI is InChI=1S/C16H24O5/c1-5-20-13-9-11(7-8-12(13)17)15(18)14(10(3)4)16(19)21-6-2/h7-10,14-15,17-18H,5-6H2,1-4H3. The third-order valence-electron chi connectivity index (χ3n) is 3.24. The van der Waals surface area contributed by atoms with E-state index in [-0.39, 0.29) is 18.3 Å². The van der Waals surface area contributed by atoms with E-state index in [1.165, 1.54) is 6.07 Å².